The average molecular weight is 266 g/mol. The topological polar surface area (TPSA) is 26.3 Å². The number of ether oxygens (including phenoxy) is 1. The number of rotatable bonds is 6. The van der Waals surface area contributed by atoms with Crippen molar-refractivity contribution in [2.24, 2.45) is 5.92 Å². The van der Waals surface area contributed by atoms with E-state index in [1.807, 2.05) is 13.8 Å². The van der Waals surface area contributed by atoms with Gasteiger partial charge in [0.1, 0.15) is 0 Å². The lowest BCUT2D eigenvalue weighted by Gasteiger charge is -2.10. The summed E-state index contributed by atoms with van der Waals surface area (Å²) in [7, 11) is 0. The molecule has 0 radical (unpaired) electrons. The molecular weight excluding hydrogens is 244 g/mol. The van der Waals surface area contributed by atoms with E-state index in [0.717, 1.165) is 5.75 Å². The van der Waals surface area contributed by atoms with E-state index in [4.69, 9.17) is 4.74 Å². The number of benzene rings is 1. The van der Waals surface area contributed by atoms with E-state index in [9.17, 15) is 4.79 Å². The van der Waals surface area contributed by atoms with E-state index in [1.165, 1.54) is 10.5 Å². The largest absolute Gasteiger partial charge is 0.466 e. The van der Waals surface area contributed by atoms with Gasteiger partial charge >= 0.3 is 5.97 Å². The lowest BCUT2D eigenvalue weighted by Crippen LogP contribution is -2.16. The van der Waals surface area contributed by atoms with Gasteiger partial charge in [0.2, 0.25) is 0 Å². The van der Waals surface area contributed by atoms with Gasteiger partial charge < -0.3 is 4.74 Å². The van der Waals surface area contributed by atoms with Crippen LogP contribution in [0.5, 0.6) is 0 Å². The van der Waals surface area contributed by atoms with Crippen LogP contribution in [0.4, 0.5) is 0 Å². The van der Waals surface area contributed by atoms with Crippen molar-refractivity contribution in [1.29, 1.82) is 0 Å². The SMILES string of the molecule is CCOC(=O)C(C)CSc1ccc(C(C)C)cc1. The summed E-state index contributed by atoms with van der Waals surface area (Å²) in [5, 5.41) is 0. The molecule has 100 valence electrons. The lowest BCUT2D eigenvalue weighted by atomic mass is 10.0. The van der Waals surface area contributed by atoms with Gasteiger partial charge in [-0.2, -0.15) is 0 Å². The van der Waals surface area contributed by atoms with Crippen LogP contribution in [-0.2, 0) is 9.53 Å². The highest BCUT2D eigenvalue weighted by atomic mass is 32.2. The number of thioether (sulfide) groups is 1. The Labute approximate surface area is 114 Å². The fourth-order valence-electron chi connectivity index (χ4n) is 1.52. The Morgan fingerprint density at radius 2 is 1.83 bits per heavy atom. The average Bonchev–Trinajstić information content (AvgIpc) is 2.36. The molecule has 1 unspecified atom stereocenters. The molecule has 1 atom stereocenters. The summed E-state index contributed by atoms with van der Waals surface area (Å²) in [6.45, 7) is 8.57. The molecule has 2 nitrogen and oxygen atoms in total. The molecule has 0 saturated carbocycles. The van der Waals surface area contributed by atoms with E-state index < -0.39 is 0 Å². The van der Waals surface area contributed by atoms with Gasteiger partial charge in [-0.3, -0.25) is 4.79 Å². The first-order valence-electron chi connectivity index (χ1n) is 6.44. The summed E-state index contributed by atoms with van der Waals surface area (Å²) in [5.41, 5.74) is 1.35. The number of carbonyl (C=O) groups is 1. The molecule has 3 heteroatoms. The van der Waals surface area contributed by atoms with Crippen LogP contribution in [0.1, 0.15) is 39.2 Å². The Kier molecular flexibility index (Phi) is 6.27. The molecule has 0 aromatic heterocycles. The minimum absolute atomic E-state index is 0.0558. The maximum absolute atomic E-state index is 11.5. The van der Waals surface area contributed by atoms with Crippen LogP contribution in [0.2, 0.25) is 0 Å². The fourth-order valence-corrected chi connectivity index (χ4v) is 2.43. The van der Waals surface area contributed by atoms with E-state index >= 15 is 0 Å². The number of hydrogen-bond donors (Lipinski definition) is 0. The third-order valence-electron chi connectivity index (χ3n) is 2.74. The van der Waals surface area contributed by atoms with Crippen molar-refractivity contribution < 1.29 is 9.53 Å². The van der Waals surface area contributed by atoms with Crippen molar-refractivity contribution in [1.82, 2.24) is 0 Å². The molecular formula is C15H22O2S. The molecule has 1 aromatic rings. The van der Waals surface area contributed by atoms with Gasteiger partial charge in [0.25, 0.3) is 0 Å². The second-order valence-electron chi connectivity index (χ2n) is 4.69. The van der Waals surface area contributed by atoms with Gasteiger partial charge in [-0.1, -0.05) is 32.9 Å². The van der Waals surface area contributed by atoms with Crippen LogP contribution < -0.4 is 0 Å². The molecule has 18 heavy (non-hydrogen) atoms. The van der Waals surface area contributed by atoms with Crippen molar-refractivity contribution in [2.75, 3.05) is 12.4 Å². The zero-order valence-corrected chi connectivity index (χ0v) is 12.4. The van der Waals surface area contributed by atoms with Crippen LogP contribution in [0.15, 0.2) is 29.2 Å². The highest BCUT2D eigenvalue weighted by Crippen LogP contribution is 2.23. The number of hydrogen-bond acceptors (Lipinski definition) is 3. The first kappa shape index (κ1) is 15.1. The molecule has 0 bridgehead atoms. The smallest absolute Gasteiger partial charge is 0.309 e. The first-order valence-corrected chi connectivity index (χ1v) is 7.42. The predicted octanol–water partition coefficient (Wildman–Crippen LogP) is 4.10. The van der Waals surface area contributed by atoms with Gasteiger partial charge in [-0.25, -0.2) is 0 Å². The predicted molar refractivity (Wildman–Crippen MR) is 77.1 cm³/mol. The normalized spacial score (nSPS) is 12.5. The second kappa shape index (κ2) is 7.47. The van der Waals surface area contributed by atoms with E-state index in [2.05, 4.69) is 38.1 Å². The third-order valence-corrected chi connectivity index (χ3v) is 4.01. The zero-order valence-electron chi connectivity index (χ0n) is 11.6. The Balaban J connectivity index is 2.46. The monoisotopic (exact) mass is 266 g/mol. The zero-order chi connectivity index (χ0) is 13.5. The summed E-state index contributed by atoms with van der Waals surface area (Å²) >= 11 is 1.70. The first-order chi connectivity index (χ1) is 8.54. The maximum Gasteiger partial charge on any atom is 0.309 e. The van der Waals surface area contributed by atoms with Gasteiger partial charge in [-0.15, -0.1) is 11.8 Å². The van der Waals surface area contributed by atoms with Crippen LogP contribution in [0.3, 0.4) is 0 Å². The number of carbonyl (C=O) groups excluding carboxylic acids is 1. The summed E-state index contributed by atoms with van der Waals surface area (Å²) < 4.78 is 4.99. The summed E-state index contributed by atoms with van der Waals surface area (Å²) in [4.78, 5) is 12.7. The molecule has 0 spiro atoms. The Bertz CT molecular complexity index is 371. The molecule has 0 heterocycles. The summed E-state index contributed by atoms with van der Waals surface area (Å²) in [6.07, 6.45) is 0. The molecule has 0 aliphatic heterocycles. The third kappa shape index (κ3) is 4.73. The molecule has 0 amide bonds. The maximum atomic E-state index is 11.5. The Morgan fingerprint density at radius 1 is 1.22 bits per heavy atom. The molecule has 1 aromatic carbocycles. The minimum Gasteiger partial charge on any atom is -0.466 e. The second-order valence-corrected chi connectivity index (χ2v) is 5.78. The van der Waals surface area contributed by atoms with Crippen LogP contribution in [-0.4, -0.2) is 18.3 Å². The fraction of sp³-hybridized carbons (Fsp3) is 0.533. The number of esters is 1. The quantitative estimate of drug-likeness (QED) is 0.573. The summed E-state index contributed by atoms with van der Waals surface area (Å²) in [6, 6.07) is 8.56. The highest BCUT2D eigenvalue weighted by Gasteiger charge is 2.14. The molecule has 0 aliphatic carbocycles. The van der Waals surface area contributed by atoms with Crippen molar-refractivity contribution in [3.05, 3.63) is 29.8 Å². The van der Waals surface area contributed by atoms with E-state index in [-0.39, 0.29) is 11.9 Å². The van der Waals surface area contributed by atoms with Crippen molar-refractivity contribution in [3.63, 3.8) is 0 Å². The van der Waals surface area contributed by atoms with E-state index in [0.29, 0.717) is 12.5 Å². The molecule has 0 saturated heterocycles. The van der Waals surface area contributed by atoms with Crippen molar-refractivity contribution >= 4 is 17.7 Å². The standard InChI is InChI=1S/C15H22O2S/c1-5-17-15(16)12(4)10-18-14-8-6-13(7-9-14)11(2)3/h6-9,11-12H,5,10H2,1-4H3. The lowest BCUT2D eigenvalue weighted by molar-refractivity contribution is -0.146. The summed E-state index contributed by atoms with van der Waals surface area (Å²) in [5.74, 6) is 1.16. The van der Waals surface area contributed by atoms with Crippen LogP contribution in [0.25, 0.3) is 0 Å². The van der Waals surface area contributed by atoms with E-state index in [1.54, 1.807) is 11.8 Å². The van der Waals surface area contributed by atoms with Gasteiger partial charge in [0.05, 0.1) is 12.5 Å². The Hall–Kier alpha value is -0.960. The highest BCUT2D eigenvalue weighted by molar-refractivity contribution is 7.99. The molecule has 0 N–H and O–H groups in total. The van der Waals surface area contributed by atoms with Crippen LogP contribution >= 0.6 is 11.8 Å². The minimum atomic E-state index is -0.108. The molecule has 0 aliphatic rings. The van der Waals surface area contributed by atoms with Gasteiger partial charge in [0.15, 0.2) is 0 Å². The van der Waals surface area contributed by atoms with Gasteiger partial charge in [-0.05, 0) is 30.5 Å². The van der Waals surface area contributed by atoms with Crippen LogP contribution in [0, 0.1) is 5.92 Å². The van der Waals surface area contributed by atoms with Gasteiger partial charge in [0, 0.05) is 10.6 Å². The Morgan fingerprint density at radius 3 is 2.33 bits per heavy atom. The molecule has 1 rings (SSSR count). The van der Waals surface area contributed by atoms with Crippen molar-refractivity contribution in [3.8, 4) is 0 Å². The molecule has 0 fully saturated rings. The van der Waals surface area contributed by atoms with Crippen molar-refractivity contribution in [2.45, 2.75) is 38.5 Å².